The summed E-state index contributed by atoms with van der Waals surface area (Å²) in [5, 5.41) is 7.95. The van der Waals surface area contributed by atoms with Crippen LogP contribution < -0.4 is 5.56 Å². The topological polar surface area (TPSA) is 98.6 Å². The maximum Gasteiger partial charge on any atom is 0.290 e. The van der Waals surface area contributed by atoms with Crippen LogP contribution in [-0.4, -0.2) is 63.0 Å². The molecule has 8 nitrogen and oxygen atoms in total. The minimum Gasteiger partial charge on any atom is -0.483 e. The standard InChI is InChI=1S/C25H28N4O2.CH2O2/c30-24(19-3-5-22-18(12-19)7-8-26-22)28-13-17-11-21(16-28)23-6-4-20(25(31)29(23)14-17)15-27-9-1-2-10-27;2-1-3/h3-8,12,17,21,26H,1-2,9-11,13-16H2;1H,(H,2,3)/t17-,21+;/m0./s1. The molecule has 1 amide bonds. The van der Waals surface area contributed by atoms with E-state index in [2.05, 4.69) is 16.0 Å². The van der Waals surface area contributed by atoms with Gasteiger partial charge < -0.3 is 19.6 Å². The molecule has 6 rings (SSSR count). The highest BCUT2D eigenvalue weighted by Gasteiger charge is 2.37. The fourth-order valence-electron chi connectivity index (χ4n) is 5.83. The van der Waals surface area contributed by atoms with Gasteiger partial charge in [-0.05, 0) is 68.6 Å². The van der Waals surface area contributed by atoms with E-state index in [0.29, 0.717) is 12.5 Å². The molecule has 0 spiro atoms. The maximum atomic E-state index is 13.3. The molecule has 2 atom stereocenters. The molecule has 178 valence electrons. The molecule has 0 unspecified atom stereocenters. The monoisotopic (exact) mass is 462 g/mol. The largest absolute Gasteiger partial charge is 0.483 e. The Morgan fingerprint density at radius 3 is 2.68 bits per heavy atom. The van der Waals surface area contributed by atoms with Crippen LogP contribution in [0, 0.1) is 5.92 Å². The zero-order chi connectivity index (χ0) is 23.7. The number of hydrogen-bond donors (Lipinski definition) is 2. The highest BCUT2D eigenvalue weighted by molar-refractivity contribution is 5.98. The first-order chi connectivity index (χ1) is 16.6. The normalized spacial score (nSPS) is 21.6. The quantitative estimate of drug-likeness (QED) is 0.583. The third kappa shape index (κ3) is 4.25. The van der Waals surface area contributed by atoms with Gasteiger partial charge in [0.25, 0.3) is 17.9 Å². The zero-order valence-electron chi connectivity index (χ0n) is 19.2. The lowest BCUT2D eigenvalue weighted by Crippen LogP contribution is -2.49. The van der Waals surface area contributed by atoms with E-state index in [1.165, 1.54) is 12.8 Å². The Bertz CT molecular complexity index is 1260. The molecule has 2 N–H and O–H groups in total. The van der Waals surface area contributed by atoms with Crippen molar-refractivity contribution in [2.24, 2.45) is 5.92 Å². The number of benzene rings is 1. The van der Waals surface area contributed by atoms with E-state index in [9.17, 15) is 9.59 Å². The summed E-state index contributed by atoms with van der Waals surface area (Å²) >= 11 is 0. The second kappa shape index (κ2) is 9.46. The SMILES string of the molecule is O=C(c1ccc2[nH]ccc2c1)N1C[C@@H]2C[C@H](C1)c1ccc(CN3CCCC3)c(=O)n1C2.O=CO. The average Bonchev–Trinajstić information content (AvgIpc) is 3.52. The molecule has 0 saturated carbocycles. The number of rotatable bonds is 3. The van der Waals surface area contributed by atoms with Gasteiger partial charge in [-0.3, -0.25) is 19.3 Å². The van der Waals surface area contributed by atoms with Gasteiger partial charge >= 0.3 is 0 Å². The number of nitrogens with zero attached hydrogens (tertiary/aromatic N) is 3. The molecular weight excluding hydrogens is 432 g/mol. The van der Waals surface area contributed by atoms with Gasteiger partial charge in [0.2, 0.25) is 0 Å². The summed E-state index contributed by atoms with van der Waals surface area (Å²) in [5.41, 5.74) is 3.98. The molecular formula is C26H30N4O4. The minimum absolute atomic E-state index is 0.0965. The lowest BCUT2D eigenvalue weighted by atomic mass is 9.82. The molecule has 0 radical (unpaired) electrons. The first kappa shape index (κ1) is 22.4. The van der Waals surface area contributed by atoms with Gasteiger partial charge in [0.05, 0.1) is 0 Å². The van der Waals surface area contributed by atoms with Crippen molar-refractivity contribution in [1.29, 1.82) is 0 Å². The van der Waals surface area contributed by atoms with Crippen LogP contribution in [0.5, 0.6) is 0 Å². The Balaban J connectivity index is 0.000000764. The number of carboxylic acid groups (broad SMARTS) is 1. The second-order valence-corrected chi connectivity index (χ2v) is 9.58. The molecule has 2 aromatic heterocycles. The van der Waals surface area contributed by atoms with Crippen molar-refractivity contribution >= 4 is 23.3 Å². The molecule has 2 bridgehead atoms. The maximum absolute atomic E-state index is 13.3. The summed E-state index contributed by atoms with van der Waals surface area (Å²) in [4.78, 5) is 42.4. The third-order valence-electron chi connectivity index (χ3n) is 7.36. The average molecular weight is 463 g/mol. The number of carbonyl (C=O) groups is 2. The van der Waals surface area contributed by atoms with Crippen LogP contribution in [0.1, 0.15) is 46.8 Å². The number of amides is 1. The number of piperidine rings is 1. The van der Waals surface area contributed by atoms with Crippen molar-refractivity contribution in [2.45, 2.75) is 38.3 Å². The highest BCUT2D eigenvalue weighted by atomic mass is 16.3. The second-order valence-electron chi connectivity index (χ2n) is 9.58. The van der Waals surface area contributed by atoms with Gasteiger partial charge in [-0.1, -0.05) is 6.07 Å². The van der Waals surface area contributed by atoms with Crippen molar-refractivity contribution < 1.29 is 14.7 Å². The molecule has 3 aliphatic rings. The van der Waals surface area contributed by atoms with Gasteiger partial charge in [0, 0.05) is 66.0 Å². The van der Waals surface area contributed by atoms with E-state index in [4.69, 9.17) is 9.90 Å². The number of aromatic amines is 1. The Morgan fingerprint density at radius 1 is 1.09 bits per heavy atom. The van der Waals surface area contributed by atoms with E-state index in [1.807, 2.05) is 46.0 Å². The van der Waals surface area contributed by atoms with Crippen molar-refractivity contribution in [1.82, 2.24) is 19.4 Å². The van der Waals surface area contributed by atoms with Gasteiger partial charge in [0.15, 0.2) is 0 Å². The molecule has 0 aliphatic carbocycles. The number of fused-ring (bicyclic) bond motifs is 5. The number of hydrogen-bond acceptors (Lipinski definition) is 4. The lowest BCUT2D eigenvalue weighted by Gasteiger charge is -2.43. The minimum atomic E-state index is -0.250. The first-order valence-electron chi connectivity index (χ1n) is 12.0. The van der Waals surface area contributed by atoms with Crippen LogP contribution in [0.3, 0.4) is 0 Å². The summed E-state index contributed by atoms with van der Waals surface area (Å²) in [6, 6.07) is 12.0. The van der Waals surface area contributed by atoms with E-state index in [1.54, 1.807) is 0 Å². The Hall–Kier alpha value is -3.39. The Labute approximate surface area is 197 Å². The van der Waals surface area contributed by atoms with Crippen LogP contribution in [0.4, 0.5) is 0 Å². The molecule has 34 heavy (non-hydrogen) atoms. The molecule has 1 aromatic carbocycles. The van der Waals surface area contributed by atoms with E-state index < -0.39 is 0 Å². The summed E-state index contributed by atoms with van der Waals surface area (Å²) in [6.07, 6.45) is 5.43. The third-order valence-corrected chi connectivity index (χ3v) is 7.36. The fraction of sp³-hybridized carbons (Fsp3) is 0.423. The van der Waals surface area contributed by atoms with Crippen LogP contribution in [0.2, 0.25) is 0 Å². The Morgan fingerprint density at radius 2 is 1.88 bits per heavy atom. The van der Waals surface area contributed by atoms with Crippen molar-refractivity contribution in [3.63, 3.8) is 0 Å². The molecule has 3 aromatic rings. The van der Waals surface area contributed by atoms with E-state index in [-0.39, 0.29) is 23.9 Å². The van der Waals surface area contributed by atoms with E-state index >= 15 is 0 Å². The highest BCUT2D eigenvalue weighted by Crippen LogP contribution is 2.36. The van der Waals surface area contributed by atoms with Crippen molar-refractivity contribution in [3.05, 3.63) is 69.8 Å². The number of carbonyl (C=O) groups excluding carboxylic acids is 1. The molecule has 8 heteroatoms. The van der Waals surface area contributed by atoms with Crippen molar-refractivity contribution in [3.8, 4) is 0 Å². The lowest BCUT2D eigenvalue weighted by molar-refractivity contribution is -0.122. The van der Waals surface area contributed by atoms with E-state index in [0.717, 1.165) is 66.9 Å². The predicted molar refractivity (Wildman–Crippen MR) is 129 cm³/mol. The number of likely N-dealkylation sites (tertiary alicyclic amines) is 2. The summed E-state index contributed by atoms with van der Waals surface area (Å²) in [7, 11) is 0. The molecule has 5 heterocycles. The van der Waals surface area contributed by atoms with Gasteiger partial charge in [-0.25, -0.2) is 0 Å². The number of nitrogens with one attached hydrogen (secondary N) is 1. The number of H-pyrrole nitrogens is 1. The summed E-state index contributed by atoms with van der Waals surface area (Å²) in [6.45, 7) is 4.84. The smallest absolute Gasteiger partial charge is 0.290 e. The molecule has 2 saturated heterocycles. The van der Waals surface area contributed by atoms with Gasteiger partial charge in [-0.15, -0.1) is 0 Å². The molecule has 2 fully saturated rings. The van der Waals surface area contributed by atoms with Crippen LogP contribution in [0.15, 0.2) is 47.4 Å². The van der Waals surface area contributed by atoms with Crippen molar-refractivity contribution in [2.75, 3.05) is 26.2 Å². The molecule has 3 aliphatic heterocycles. The van der Waals surface area contributed by atoms with Gasteiger partial charge in [0.1, 0.15) is 0 Å². The Kier molecular flexibility index (Phi) is 6.24. The summed E-state index contributed by atoms with van der Waals surface area (Å²) < 4.78 is 2.01. The number of aromatic nitrogens is 2. The van der Waals surface area contributed by atoms with Gasteiger partial charge in [-0.2, -0.15) is 0 Å². The predicted octanol–water partition coefficient (Wildman–Crippen LogP) is 2.89. The van der Waals surface area contributed by atoms with Crippen LogP contribution >= 0.6 is 0 Å². The fourth-order valence-corrected chi connectivity index (χ4v) is 5.83. The first-order valence-corrected chi connectivity index (χ1v) is 12.0. The van der Waals surface area contributed by atoms with Crippen LogP contribution in [0.25, 0.3) is 10.9 Å². The summed E-state index contributed by atoms with van der Waals surface area (Å²) in [5.74, 6) is 0.672. The number of pyridine rings is 1. The van der Waals surface area contributed by atoms with Crippen LogP contribution in [-0.2, 0) is 17.9 Å². The zero-order valence-corrected chi connectivity index (χ0v) is 19.2.